The van der Waals surface area contributed by atoms with Crippen LogP contribution in [0.3, 0.4) is 0 Å². The third kappa shape index (κ3) is 4.44. The maximum absolute atomic E-state index is 13.2. The van der Waals surface area contributed by atoms with Crippen molar-refractivity contribution in [2.45, 2.75) is 39.2 Å². The SMILES string of the molecule is CCOc1ccccc1C(=O)N1CC[C@@H](c2cc(C(=O)NC(C)C)c3ccccc3n2)C1. The Hall–Kier alpha value is -3.41. The standard InChI is InChI=1S/C26H29N3O3/c1-4-32-24-12-8-6-10-20(24)26(31)29-14-13-18(16-29)23-15-21(25(30)27-17(2)3)19-9-5-7-11-22(19)28-23/h5-12,15,17-18H,4,13-14,16H2,1-3H3,(H,27,30)/t18-/m1/s1. The molecule has 6 nitrogen and oxygen atoms in total. The molecule has 32 heavy (non-hydrogen) atoms. The summed E-state index contributed by atoms with van der Waals surface area (Å²) in [6.07, 6.45) is 0.805. The molecule has 1 atom stereocenters. The molecule has 6 heteroatoms. The number of rotatable bonds is 6. The highest BCUT2D eigenvalue weighted by Gasteiger charge is 2.31. The van der Waals surface area contributed by atoms with E-state index in [9.17, 15) is 9.59 Å². The number of pyridine rings is 1. The summed E-state index contributed by atoms with van der Waals surface area (Å²) in [5.74, 6) is 0.555. The number of carbonyl (C=O) groups is 2. The Bertz CT molecular complexity index is 1140. The predicted octanol–water partition coefficient (Wildman–Crippen LogP) is 4.40. The van der Waals surface area contributed by atoms with Crippen LogP contribution in [0.5, 0.6) is 5.75 Å². The van der Waals surface area contributed by atoms with Crippen molar-refractivity contribution in [1.29, 1.82) is 0 Å². The van der Waals surface area contributed by atoms with Gasteiger partial charge in [-0.15, -0.1) is 0 Å². The van der Waals surface area contributed by atoms with Gasteiger partial charge in [-0.25, -0.2) is 0 Å². The molecule has 0 spiro atoms. The minimum Gasteiger partial charge on any atom is -0.493 e. The Morgan fingerprint density at radius 3 is 2.66 bits per heavy atom. The van der Waals surface area contributed by atoms with E-state index in [0.717, 1.165) is 23.0 Å². The van der Waals surface area contributed by atoms with Crippen molar-refractivity contribution in [1.82, 2.24) is 15.2 Å². The molecule has 1 aromatic heterocycles. The van der Waals surface area contributed by atoms with Crippen LogP contribution in [-0.2, 0) is 0 Å². The third-order valence-electron chi connectivity index (χ3n) is 5.71. The van der Waals surface area contributed by atoms with Gasteiger partial charge in [-0.3, -0.25) is 14.6 Å². The normalized spacial score (nSPS) is 15.9. The van der Waals surface area contributed by atoms with E-state index in [0.29, 0.717) is 36.6 Å². The van der Waals surface area contributed by atoms with Crippen LogP contribution < -0.4 is 10.1 Å². The second-order valence-corrected chi connectivity index (χ2v) is 8.41. The third-order valence-corrected chi connectivity index (χ3v) is 5.71. The van der Waals surface area contributed by atoms with Gasteiger partial charge in [0.15, 0.2) is 0 Å². The summed E-state index contributed by atoms with van der Waals surface area (Å²) in [6.45, 7) is 7.52. The number of nitrogens with one attached hydrogen (secondary N) is 1. The lowest BCUT2D eigenvalue weighted by Gasteiger charge is -2.19. The van der Waals surface area contributed by atoms with E-state index in [1.54, 1.807) is 0 Å². The predicted molar refractivity (Wildman–Crippen MR) is 125 cm³/mol. The lowest BCUT2D eigenvalue weighted by Crippen LogP contribution is -2.30. The second kappa shape index (κ2) is 9.39. The van der Waals surface area contributed by atoms with E-state index in [1.165, 1.54) is 0 Å². The zero-order valence-electron chi connectivity index (χ0n) is 18.8. The summed E-state index contributed by atoms with van der Waals surface area (Å²) in [7, 11) is 0. The number of fused-ring (bicyclic) bond motifs is 1. The van der Waals surface area contributed by atoms with E-state index < -0.39 is 0 Å². The van der Waals surface area contributed by atoms with Crippen LogP contribution in [0.4, 0.5) is 0 Å². The molecule has 3 aromatic rings. The van der Waals surface area contributed by atoms with Gasteiger partial charge < -0.3 is 15.0 Å². The van der Waals surface area contributed by atoms with Gasteiger partial charge in [0.2, 0.25) is 0 Å². The molecular weight excluding hydrogens is 402 g/mol. The van der Waals surface area contributed by atoms with Crippen LogP contribution in [0.2, 0.25) is 0 Å². The molecule has 2 aromatic carbocycles. The lowest BCUT2D eigenvalue weighted by molar-refractivity contribution is 0.0786. The van der Waals surface area contributed by atoms with Crippen molar-refractivity contribution in [3.63, 3.8) is 0 Å². The number of ether oxygens (including phenoxy) is 1. The zero-order chi connectivity index (χ0) is 22.7. The fraction of sp³-hybridized carbons (Fsp3) is 0.346. The number of amides is 2. The molecule has 0 saturated carbocycles. The summed E-state index contributed by atoms with van der Waals surface area (Å²) in [4.78, 5) is 32.8. The average molecular weight is 432 g/mol. The van der Waals surface area contributed by atoms with Crippen LogP contribution in [0.15, 0.2) is 54.6 Å². The van der Waals surface area contributed by atoms with Crippen molar-refractivity contribution >= 4 is 22.7 Å². The molecule has 0 bridgehead atoms. The molecule has 0 aliphatic carbocycles. The number of aromatic nitrogens is 1. The number of para-hydroxylation sites is 2. The molecule has 1 N–H and O–H groups in total. The van der Waals surface area contributed by atoms with Gasteiger partial charge in [0, 0.05) is 36.1 Å². The van der Waals surface area contributed by atoms with Crippen molar-refractivity contribution in [2.24, 2.45) is 0 Å². The largest absolute Gasteiger partial charge is 0.493 e. The summed E-state index contributed by atoms with van der Waals surface area (Å²) in [5, 5.41) is 3.83. The van der Waals surface area contributed by atoms with Crippen LogP contribution in [-0.4, -0.2) is 47.4 Å². The smallest absolute Gasteiger partial charge is 0.257 e. The minimum absolute atomic E-state index is 0.0323. The highest BCUT2D eigenvalue weighted by molar-refractivity contribution is 6.06. The maximum atomic E-state index is 13.2. The summed E-state index contributed by atoms with van der Waals surface area (Å²) < 4.78 is 5.65. The molecule has 166 valence electrons. The van der Waals surface area contributed by atoms with Gasteiger partial charge >= 0.3 is 0 Å². The number of benzene rings is 2. The monoisotopic (exact) mass is 431 g/mol. The number of hydrogen-bond donors (Lipinski definition) is 1. The molecule has 1 saturated heterocycles. The van der Waals surface area contributed by atoms with E-state index in [1.807, 2.05) is 80.3 Å². The van der Waals surface area contributed by atoms with Gasteiger partial charge in [-0.2, -0.15) is 0 Å². The molecule has 1 aliphatic rings. The Balaban J connectivity index is 1.61. The van der Waals surface area contributed by atoms with Crippen LogP contribution in [0.25, 0.3) is 10.9 Å². The number of carbonyl (C=O) groups excluding carboxylic acids is 2. The number of nitrogens with zero attached hydrogens (tertiary/aromatic N) is 2. The molecule has 0 radical (unpaired) electrons. The fourth-order valence-electron chi connectivity index (χ4n) is 4.21. The Morgan fingerprint density at radius 2 is 1.88 bits per heavy atom. The first kappa shape index (κ1) is 21.8. The molecule has 2 heterocycles. The average Bonchev–Trinajstić information content (AvgIpc) is 3.28. The second-order valence-electron chi connectivity index (χ2n) is 8.41. The number of likely N-dealkylation sites (tertiary alicyclic amines) is 1. The van der Waals surface area contributed by atoms with E-state index in [2.05, 4.69) is 5.32 Å². The van der Waals surface area contributed by atoms with E-state index in [4.69, 9.17) is 9.72 Å². The van der Waals surface area contributed by atoms with Gasteiger partial charge in [0.05, 0.1) is 23.3 Å². The van der Waals surface area contributed by atoms with Gasteiger partial charge in [-0.05, 0) is 51.5 Å². The molecule has 1 fully saturated rings. The van der Waals surface area contributed by atoms with Crippen molar-refractivity contribution in [2.75, 3.05) is 19.7 Å². The lowest BCUT2D eigenvalue weighted by atomic mass is 9.99. The maximum Gasteiger partial charge on any atom is 0.257 e. The molecule has 1 aliphatic heterocycles. The molecular formula is C26H29N3O3. The Morgan fingerprint density at radius 1 is 1.12 bits per heavy atom. The van der Waals surface area contributed by atoms with Gasteiger partial charge in [-0.1, -0.05) is 30.3 Å². The summed E-state index contributed by atoms with van der Waals surface area (Å²) in [6, 6.07) is 17.0. The highest BCUT2D eigenvalue weighted by Crippen LogP contribution is 2.31. The zero-order valence-corrected chi connectivity index (χ0v) is 18.8. The molecule has 4 rings (SSSR count). The molecule has 2 amide bonds. The Labute approximate surface area is 188 Å². The quantitative estimate of drug-likeness (QED) is 0.628. The highest BCUT2D eigenvalue weighted by atomic mass is 16.5. The molecule has 0 unspecified atom stereocenters. The summed E-state index contributed by atoms with van der Waals surface area (Å²) in [5.41, 5.74) is 2.86. The summed E-state index contributed by atoms with van der Waals surface area (Å²) >= 11 is 0. The first-order valence-electron chi connectivity index (χ1n) is 11.2. The number of hydrogen-bond acceptors (Lipinski definition) is 4. The Kier molecular flexibility index (Phi) is 6.40. The first-order chi connectivity index (χ1) is 15.5. The van der Waals surface area contributed by atoms with Crippen molar-refractivity contribution in [3.8, 4) is 5.75 Å². The minimum atomic E-state index is -0.101. The van der Waals surface area contributed by atoms with Crippen LogP contribution in [0, 0.1) is 0 Å². The van der Waals surface area contributed by atoms with Crippen LogP contribution >= 0.6 is 0 Å². The van der Waals surface area contributed by atoms with Gasteiger partial charge in [0.25, 0.3) is 11.8 Å². The van der Waals surface area contributed by atoms with Gasteiger partial charge in [0.1, 0.15) is 5.75 Å². The van der Waals surface area contributed by atoms with E-state index in [-0.39, 0.29) is 23.8 Å². The first-order valence-corrected chi connectivity index (χ1v) is 11.2. The van der Waals surface area contributed by atoms with E-state index >= 15 is 0 Å². The van der Waals surface area contributed by atoms with Crippen molar-refractivity contribution in [3.05, 3.63) is 71.4 Å². The van der Waals surface area contributed by atoms with Crippen LogP contribution in [0.1, 0.15) is 59.5 Å². The van der Waals surface area contributed by atoms with Crippen molar-refractivity contribution < 1.29 is 14.3 Å². The fourth-order valence-corrected chi connectivity index (χ4v) is 4.21. The topological polar surface area (TPSA) is 71.5 Å².